The summed E-state index contributed by atoms with van der Waals surface area (Å²) in [5.74, 6) is -0.345. The molecule has 0 atom stereocenters. The predicted octanol–water partition coefficient (Wildman–Crippen LogP) is 3.29. The highest BCUT2D eigenvalue weighted by molar-refractivity contribution is 9.10. The molecule has 0 aliphatic heterocycles. The lowest BCUT2D eigenvalue weighted by Gasteiger charge is -2.34. The third-order valence-corrected chi connectivity index (χ3v) is 5.24. The zero-order chi connectivity index (χ0) is 13.2. The SMILES string of the molecule is O=[N+]([O-])c1nc(Br)n(CC2(CBr)CCCCC2)n1. The maximum atomic E-state index is 10.6. The molecule has 1 aliphatic rings. The molecule has 0 N–H and O–H groups in total. The van der Waals surface area contributed by atoms with Gasteiger partial charge in [-0.15, -0.1) is 0 Å². The molecule has 18 heavy (non-hydrogen) atoms. The third-order valence-electron chi connectivity index (χ3n) is 3.46. The smallest absolute Gasteiger partial charge is 0.390 e. The number of nitro groups is 1. The fourth-order valence-electron chi connectivity index (χ4n) is 2.44. The lowest BCUT2D eigenvalue weighted by Crippen LogP contribution is -2.31. The van der Waals surface area contributed by atoms with E-state index in [9.17, 15) is 10.1 Å². The van der Waals surface area contributed by atoms with Gasteiger partial charge in [-0.1, -0.05) is 35.2 Å². The van der Waals surface area contributed by atoms with Crippen molar-refractivity contribution in [1.29, 1.82) is 0 Å². The van der Waals surface area contributed by atoms with Crippen molar-refractivity contribution in [2.45, 2.75) is 38.6 Å². The Morgan fingerprint density at radius 3 is 2.56 bits per heavy atom. The molecule has 0 unspecified atom stereocenters. The van der Waals surface area contributed by atoms with E-state index in [0.29, 0.717) is 11.3 Å². The molecule has 1 aliphatic carbocycles. The molecular formula is C10H14Br2N4O2. The van der Waals surface area contributed by atoms with Crippen molar-refractivity contribution in [1.82, 2.24) is 14.8 Å². The summed E-state index contributed by atoms with van der Waals surface area (Å²) in [6.07, 6.45) is 5.93. The number of halogens is 2. The van der Waals surface area contributed by atoms with Crippen LogP contribution in [-0.4, -0.2) is 25.0 Å². The second-order valence-electron chi connectivity index (χ2n) is 4.79. The van der Waals surface area contributed by atoms with E-state index in [1.54, 1.807) is 4.68 Å². The first-order valence-corrected chi connectivity index (χ1v) is 7.78. The molecule has 0 bridgehead atoms. The van der Waals surface area contributed by atoms with Crippen molar-refractivity contribution < 1.29 is 4.92 Å². The van der Waals surface area contributed by atoms with Crippen LogP contribution >= 0.6 is 31.9 Å². The van der Waals surface area contributed by atoms with Crippen LogP contribution in [0.25, 0.3) is 0 Å². The van der Waals surface area contributed by atoms with Gasteiger partial charge in [0.05, 0.1) is 6.54 Å². The van der Waals surface area contributed by atoms with Gasteiger partial charge in [-0.25, -0.2) is 0 Å². The average molecular weight is 382 g/mol. The summed E-state index contributed by atoms with van der Waals surface area (Å²) in [5.41, 5.74) is 0.141. The summed E-state index contributed by atoms with van der Waals surface area (Å²) < 4.78 is 2.03. The van der Waals surface area contributed by atoms with Crippen LogP contribution in [0.15, 0.2) is 4.73 Å². The summed E-state index contributed by atoms with van der Waals surface area (Å²) in [7, 11) is 0. The Hall–Kier alpha value is -0.500. The van der Waals surface area contributed by atoms with E-state index in [1.807, 2.05) is 0 Å². The number of hydrogen-bond acceptors (Lipinski definition) is 4. The van der Waals surface area contributed by atoms with E-state index in [-0.39, 0.29) is 11.4 Å². The highest BCUT2D eigenvalue weighted by Gasteiger charge is 2.34. The first-order chi connectivity index (χ1) is 8.56. The van der Waals surface area contributed by atoms with E-state index in [4.69, 9.17) is 0 Å². The van der Waals surface area contributed by atoms with Gasteiger partial charge in [0.2, 0.25) is 0 Å². The molecule has 0 radical (unpaired) electrons. The van der Waals surface area contributed by atoms with Crippen molar-refractivity contribution in [3.8, 4) is 0 Å². The molecule has 0 saturated heterocycles. The number of nitrogens with zero attached hydrogens (tertiary/aromatic N) is 4. The van der Waals surface area contributed by atoms with Crippen LogP contribution in [0.1, 0.15) is 32.1 Å². The van der Waals surface area contributed by atoms with Gasteiger partial charge in [-0.05, 0) is 22.7 Å². The van der Waals surface area contributed by atoms with Crippen molar-refractivity contribution in [2.24, 2.45) is 5.41 Å². The average Bonchev–Trinajstić information content (AvgIpc) is 2.72. The quantitative estimate of drug-likeness (QED) is 0.455. The van der Waals surface area contributed by atoms with Crippen LogP contribution in [0.4, 0.5) is 5.95 Å². The fraction of sp³-hybridized carbons (Fsp3) is 0.800. The van der Waals surface area contributed by atoms with E-state index >= 15 is 0 Å². The molecule has 2 rings (SSSR count). The molecule has 1 saturated carbocycles. The Balaban J connectivity index is 2.18. The second-order valence-corrected chi connectivity index (χ2v) is 6.06. The van der Waals surface area contributed by atoms with Crippen LogP contribution in [0.3, 0.4) is 0 Å². The monoisotopic (exact) mass is 380 g/mol. The Bertz CT molecular complexity index is 443. The zero-order valence-electron chi connectivity index (χ0n) is 9.81. The van der Waals surface area contributed by atoms with Gasteiger partial charge in [0.1, 0.15) is 0 Å². The standard InChI is InChI=1S/C10H14Br2N4O2/c11-6-10(4-2-1-3-5-10)7-15-8(12)13-9(14-15)16(17)18/h1-7H2. The van der Waals surface area contributed by atoms with Gasteiger partial charge in [0.15, 0.2) is 0 Å². The van der Waals surface area contributed by atoms with Gasteiger partial charge in [0.25, 0.3) is 4.73 Å². The predicted molar refractivity (Wildman–Crippen MR) is 73.7 cm³/mol. The summed E-state index contributed by atoms with van der Waals surface area (Å²) in [5, 5.41) is 15.5. The zero-order valence-corrected chi connectivity index (χ0v) is 13.0. The minimum Gasteiger partial charge on any atom is -0.390 e. The number of rotatable bonds is 4. The van der Waals surface area contributed by atoms with E-state index in [1.165, 1.54) is 19.3 Å². The van der Waals surface area contributed by atoms with Gasteiger partial charge in [-0.2, -0.15) is 4.68 Å². The normalized spacial score (nSPS) is 18.8. The van der Waals surface area contributed by atoms with E-state index < -0.39 is 4.92 Å². The fourth-order valence-corrected chi connectivity index (χ4v) is 3.54. The van der Waals surface area contributed by atoms with Gasteiger partial charge < -0.3 is 10.1 Å². The second kappa shape index (κ2) is 5.64. The maximum absolute atomic E-state index is 10.6. The molecule has 100 valence electrons. The lowest BCUT2D eigenvalue weighted by atomic mass is 9.76. The van der Waals surface area contributed by atoms with Crippen LogP contribution in [0.5, 0.6) is 0 Å². The molecule has 6 nitrogen and oxygen atoms in total. The van der Waals surface area contributed by atoms with E-state index in [0.717, 1.165) is 18.2 Å². The highest BCUT2D eigenvalue weighted by atomic mass is 79.9. The minimum absolute atomic E-state index is 0.141. The maximum Gasteiger partial charge on any atom is 0.492 e. The minimum atomic E-state index is -0.567. The molecule has 1 heterocycles. The number of hydrogen-bond donors (Lipinski definition) is 0. The van der Waals surface area contributed by atoms with Crippen LogP contribution in [0, 0.1) is 15.5 Å². The highest BCUT2D eigenvalue weighted by Crippen LogP contribution is 2.39. The summed E-state index contributed by atoms with van der Waals surface area (Å²) in [4.78, 5) is 13.9. The van der Waals surface area contributed by atoms with Crippen molar-refractivity contribution in [3.05, 3.63) is 14.8 Å². The summed E-state index contributed by atoms with van der Waals surface area (Å²) in [6, 6.07) is 0. The third kappa shape index (κ3) is 2.90. The van der Waals surface area contributed by atoms with Gasteiger partial charge in [0, 0.05) is 31.8 Å². The van der Waals surface area contributed by atoms with E-state index in [2.05, 4.69) is 41.9 Å². The number of aromatic nitrogens is 3. The molecule has 1 fully saturated rings. The van der Waals surface area contributed by atoms with Gasteiger partial charge >= 0.3 is 5.95 Å². The molecule has 1 aromatic heterocycles. The molecule has 1 aromatic rings. The molecule has 0 spiro atoms. The first-order valence-electron chi connectivity index (χ1n) is 5.87. The molecule has 0 amide bonds. The van der Waals surface area contributed by atoms with Crippen LogP contribution in [-0.2, 0) is 6.54 Å². The largest absolute Gasteiger partial charge is 0.492 e. The first kappa shape index (κ1) is 13.9. The topological polar surface area (TPSA) is 73.8 Å². The Morgan fingerprint density at radius 1 is 1.39 bits per heavy atom. The van der Waals surface area contributed by atoms with Crippen LogP contribution in [0.2, 0.25) is 0 Å². The Morgan fingerprint density at radius 2 is 2.06 bits per heavy atom. The lowest BCUT2D eigenvalue weighted by molar-refractivity contribution is -0.394. The summed E-state index contributed by atoms with van der Waals surface area (Å²) in [6.45, 7) is 0.666. The Kier molecular flexibility index (Phi) is 4.37. The summed E-state index contributed by atoms with van der Waals surface area (Å²) >= 11 is 6.81. The van der Waals surface area contributed by atoms with Gasteiger partial charge in [-0.3, -0.25) is 0 Å². The molecule has 8 heteroatoms. The molecule has 0 aromatic carbocycles. The van der Waals surface area contributed by atoms with Crippen molar-refractivity contribution >= 4 is 37.8 Å². The molecular weight excluding hydrogens is 368 g/mol. The van der Waals surface area contributed by atoms with Crippen molar-refractivity contribution in [3.63, 3.8) is 0 Å². The van der Waals surface area contributed by atoms with Crippen molar-refractivity contribution in [2.75, 3.05) is 5.33 Å². The number of alkyl halides is 1. The Labute approximate surface area is 122 Å². The van der Waals surface area contributed by atoms with Crippen LogP contribution < -0.4 is 0 Å².